The van der Waals surface area contributed by atoms with Crippen molar-refractivity contribution in [3.05, 3.63) is 72.3 Å². The molecular formula is C19H18N2O3S. The Hall–Kier alpha value is -2.86. The first-order valence-corrected chi connectivity index (χ1v) is 9.34. The molecule has 3 aromatic rings. The molecule has 0 radical (unpaired) electrons. The smallest absolute Gasteiger partial charge is 0.276 e. The maximum Gasteiger partial charge on any atom is 0.276 e. The van der Waals surface area contributed by atoms with Gasteiger partial charge in [-0.15, -0.1) is 0 Å². The molecule has 0 saturated carbocycles. The zero-order chi connectivity index (χ0) is 17.7. The van der Waals surface area contributed by atoms with E-state index >= 15 is 0 Å². The Kier molecular flexibility index (Phi) is 5.00. The van der Waals surface area contributed by atoms with Crippen LogP contribution < -0.4 is 9.57 Å². The minimum Gasteiger partial charge on any atom is -0.493 e. The summed E-state index contributed by atoms with van der Waals surface area (Å²) in [5.41, 5.74) is 0.732. The van der Waals surface area contributed by atoms with E-state index in [0.29, 0.717) is 12.4 Å². The van der Waals surface area contributed by atoms with E-state index in [9.17, 15) is 8.42 Å². The lowest BCUT2D eigenvalue weighted by atomic mass is 10.0. The number of sulfonamides is 1. The molecule has 0 spiro atoms. The fourth-order valence-electron chi connectivity index (χ4n) is 2.50. The summed E-state index contributed by atoms with van der Waals surface area (Å²) in [6.45, 7) is 2.41. The average molecular weight is 354 g/mol. The predicted molar refractivity (Wildman–Crippen MR) is 99.5 cm³/mol. The maximum absolute atomic E-state index is 12.2. The van der Waals surface area contributed by atoms with Gasteiger partial charge in [-0.25, -0.2) is 4.83 Å². The monoisotopic (exact) mass is 354 g/mol. The van der Waals surface area contributed by atoms with Crippen LogP contribution in [0.25, 0.3) is 10.8 Å². The first kappa shape index (κ1) is 17.0. The van der Waals surface area contributed by atoms with E-state index in [1.165, 1.54) is 18.3 Å². The second-order valence-electron chi connectivity index (χ2n) is 5.30. The van der Waals surface area contributed by atoms with Crippen molar-refractivity contribution in [1.82, 2.24) is 4.83 Å². The number of fused-ring (bicyclic) bond motifs is 1. The molecule has 0 aliphatic rings. The highest BCUT2D eigenvalue weighted by Gasteiger charge is 2.12. The molecule has 1 N–H and O–H groups in total. The SMILES string of the molecule is CCOc1ccc2ccccc2c1/C=N/NS(=O)(=O)c1ccccc1. The van der Waals surface area contributed by atoms with Gasteiger partial charge in [0.2, 0.25) is 0 Å². The third-order valence-electron chi connectivity index (χ3n) is 3.65. The third kappa shape index (κ3) is 3.80. The van der Waals surface area contributed by atoms with Crippen molar-refractivity contribution in [1.29, 1.82) is 0 Å². The van der Waals surface area contributed by atoms with Gasteiger partial charge in [-0.1, -0.05) is 48.5 Å². The summed E-state index contributed by atoms with van der Waals surface area (Å²) in [6.07, 6.45) is 1.48. The summed E-state index contributed by atoms with van der Waals surface area (Å²) in [5.74, 6) is 0.656. The molecule has 0 aliphatic heterocycles. The molecule has 3 aromatic carbocycles. The lowest BCUT2D eigenvalue weighted by Gasteiger charge is -2.10. The largest absolute Gasteiger partial charge is 0.493 e. The zero-order valence-electron chi connectivity index (χ0n) is 13.7. The fourth-order valence-corrected chi connectivity index (χ4v) is 3.32. The maximum atomic E-state index is 12.2. The fraction of sp³-hybridized carbons (Fsp3) is 0.105. The van der Waals surface area contributed by atoms with E-state index in [-0.39, 0.29) is 4.90 Å². The minimum absolute atomic E-state index is 0.162. The van der Waals surface area contributed by atoms with Crippen LogP contribution >= 0.6 is 0 Å². The van der Waals surface area contributed by atoms with Gasteiger partial charge in [0, 0.05) is 5.56 Å². The molecule has 0 bridgehead atoms. The molecule has 0 aromatic heterocycles. The van der Waals surface area contributed by atoms with Crippen molar-refractivity contribution < 1.29 is 13.2 Å². The van der Waals surface area contributed by atoms with Gasteiger partial charge in [-0.2, -0.15) is 13.5 Å². The van der Waals surface area contributed by atoms with Gasteiger partial charge in [-0.3, -0.25) is 0 Å². The Morgan fingerprint density at radius 2 is 1.72 bits per heavy atom. The lowest BCUT2D eigenvalue weighted by Crippen LogP contribution is -2.18. The summed E-state index contributed by atoms with van der Waals surface area (Å²) in [6, 6.07) is 19.7. The van der Waals surface area contributed by atoms with Crippen molar-refractivity contribution in [2.24, 2.45) is 5.10 Å². The molecule has 3 rings (SSSR count). The van der Waals surface area contributed by atoms with Gasteiger partial charge in [0.05, 0.1) is 17.7 Å². The van der Waals surface area contributed by atoms with Crippen LogP contribution in [0, 0.1) is 0 Å². The molecule has 0 saturated heterocycles. The lowest BCUT2D eigenvalue weighted by molar-refractivity contribution is 0.340. The zero-order valence-corrected chi connectivity index (χ0v) is 14.5. The Balaban J connectivity index is 1.94. The van der Waals surface area contributed by atoms with Gasteiger partial charge < -0.3 is 4.74 Å². The summed E-state index contributed by atoms with van der Waals surface area (Å²) >= 11 is 0. The molecule has 0 unspecified atom stereocenters. The third-order valence-corrected chi connectivity index (χ3v) is 4.89. The van der Waals surface area contributed by atoms with Crippen LogP contribution in [0.5, 0.6) is 5.75 Å². The number of rotatable bonds is 6. The molecule has 128 valence electrons. The number of hydrogen-bond acceptors (Lipinski definition) is 4. The van der Waals surface area contributed by atoms with Crippen molar-refractivity contribution in [3.63, 3.8) is 0 Å². The summed E-state index contributed by atoms with van der Waals surface area (Å²) in [5, 5.41) is 5.91. The molecule has 0 fully saturated rings. The summed E-state index contributed by atoms with van der Waals surface area (Å²) in [7, 11) is -3.70. The Morgan fingerprint density at radius 3 is 2.48 bits per heavy atom. The van der Waals surface area contributed by atoms with Crippen LogP contribution in [0.1, 0.15) is 12.5 Å². The van der Waals surface area contributed by atoms with Gasteiger partial charge >= 0.3 is 0 Å². The molecule has 0 atom stereocenters. The van der Waals surface area contributed by atoms with E-state index in [2.05, 4.69) is 9.93 Å². The van der Waals surface area contributed by atoms with E-state index < -0.39 is 10.0 Å². The molecule has 25 heavy (non-hydrogen) atoms. The molecule has 0 amide bonds. The van der Waals surface area contributed by atoms with Crippen LogP contribution in [-0.4, -0.2) is 21.2 Å². The topological polar surface area (TPSA) is 67.8 Å². The summed E-state index contributed by atoms with van der Waals surface area (Å²) in [4.78, 5) is 2.41. The van der Waals surface area contributed by atoms with Gasteiger partial charge in [-0.05, 0) is 35.9 Å². The number of hydrazone groups is 1. The highest BCUT2D eigenvalue weighted by molar-refractivity contribution is 7.89. The van der Waals surface area contributed by atoms with Gasteiger partial charge in [0.1, 0.15) is 5.75 Å². The van der Waals surface area contributed by atoms with Crippen LogP contribution in [0.4, 0.5) is 0 Å². The Labute approximate surface area is 147 Å². The quantitative estimate of drug-likeness (QED) is 0.544. The van der Waals surface area contributed by atoms with Crippen LogP contribution in [0.3, 0.4) is 0 Å². The van der Waals surface area contributed by atoms with E-state index in [1.54, 1.807) is 18.2 Å². The number of benzene rings is 3. The molecular weight excluding hydrogens is 336 g/mol. The Morgan fingerprint density at radius 1 is 1.00 bits per heavy atom. The average Bonchev–Trinajstić information content (AvgIpc) is 2.64. The number of nitrogens with one attached hydrogen (secondary N) is 1. The minimum atomic E-state index is -3.70. The van der Waals surface area contributed by atoms with Crippen molar-refractivity contribution >= 4 is 27.0 Å². The number of ether oxygens (including phenoxy) is 1. The standard InChI is InChI=1S/C19H18N2O3S/c1-2-24-19-13-12-15-8-6-7-11-17(15)18(19)14-20-21-25(22,23)16-9-4-3-5-10-16/h3-14,21H,2H2,1H3/b20-14+. The second-order valence-corrected chi connectivity index (χ2v) is 6.96. The molecule has 0 aliphatic carbocycles. The van der Waals surface area contributed by atoms with Crippen molar-refractivity contribution in [2.75, 3.05) is 6.61 Å². The number of hydrogen-bond donors (Lipinski definition) is 1. The normalized spacial score (nSPS) is 11.7. The predicted octanol–water partition coefficient (Wildman–Crippen LogP) is 3.55. The molecule has 6 heteroatoms. The highest BCUT2D eigenvalue weighted by Crippen LogP contribution is 2.26. The van der Waals surface area contributed by atoms with Crippen LogP contribution in [-0.2, 0) is 10.0 Å². The van der Waals surface area contributed by atoms with Gasteiger partial charge in [0.15, 0.2) is 0 Å². The number of nitrogens with zero attached hydrogens (tertiary/aromatic N) is 1. The van der Waals surface area contributed by atoms with Crippen LogP contribution in [0.2, 0.25) is 0 Å². The second kappa shape index (κ2) is 7.36. The van der Waals surface area contributed by atoms with Gasteiger partial charge in [0.25, 0.3) is 10.0 Å². The van der Waals surface area contributed by atoms with Crippen molar-refractivity contribution in [3.8, 4) is 5.75 Å². The highest BCUT2D eigenvalue weighted by atomic mass is 32.2. The Bertz CT molecular complexity index is 1000. The van der Waals surface area contributed by atoms with Crippen LogP contribution in [0.15, 0.2) is 76.7 Å². The van der Waals surface area contributed by atoms with E-state index in [0.717, 1.165) is 16.3 Å². The molecule has 0 heterocycles. The van der Waals surface area contributed by atoms with E-state index in [4.69, 9.17) is 4.74 Å². The molecule has 5 nitrogen and oxygen atoms in total. The first-order valence-electron chi connectivity index (χ1n) is 7.86. The summed E-state index contributed by atoms with van der Waals surface area (Å²) < 4.78 is 30.1. The van der Waals surface area contributed by atoms with Crippen molar-refractivity contribution in [2.45, 2.75) is 11.8 Å². The van der Waals surface area contributed by atoms with E-state index in [1.807, 2.05) is 43.3 Å². The first-order chi connectivity index (χ1) is 12.1.